The smallest absolute Gasteiger partial charge is 0.462 e. The maximum absolute atomic E-state index is 12.1. The van der Waals surface area contributed by atoms with Crippen LogP contribution >= 0.6 is 7.82 Å². The molecular weight excluding hydrogens is 507 g/mol. The van der Waals surface area contributed by atoms with Crippen molar-refractivity contribution in [2.24, 2.45) is 11.8 Å². The molecule has 0 aromatic rings. The first-order chi connectivity index (χ1) is 17.4. The van der Waals surface area contributed by atoms with Crippen molar-refractivity contribution in [1.29, 1.82) is 0 Å². The summed E-state index contributed by atoms with van der Waals surface area (Å²) in [5, 5.41) is 30.8. The molecule has 214 valence electrons. The van der Waals surface area contributed by atoms with Crippen LogP contribution in [0.25, 0.3) is 0 Å². The van der Waals surface area contributed by atoms with E-state index in [1.54, 1.807) is 6.08 Å². The Bertz CT molecular complexity index is 779. The number of hydrogen-bond donors (Lipinski definition) is 5. The molecule has 0 aliphatic heterocycles. The van der Waals surface area contributed by atoms with Crippen molar-refractivity contribution in [2.45, 2.75) is 96.1 Å². The quantitative estimate of drug-likeness (QED) is 0.0732. The van der Waals surface area contributed by atoms with Crippen molar-refractivity contribution in [3.05, 3.63) is 24.3 Å². The van der Waals surface area contributed by atoms with Gasteiger partial charge < -0.3 is 34.6 Å². The van der Waals surface area contributed by atoms with Gasteiger partial charge in [-0.2, -0.15) is 0 Å². The van der Waals surface area contributed by atoms with E-state index >= 15 is 0 Å². The summed E-state index contributed by atoms with van der Waals surface area (Å²) in [5.74, 6) is -1.69. The number of aliphatic hydroxyl groups is 3. The molecular formula is C25H43O11P. The molecule has 0 heterocycles. The van der Waals surface area contributed by atoms with Crippen molar-refractivity contribution in [2.75, 3.05) is 13.2 Å². The third-order valence-corrected chi connectivity index (χ3v) is 6.59. The number of hydrogen-bond acceptors (Lipinski definition) is 9. The normalized spacial score (nSPS) is 24.0. The average Bonchev–Trinajstić information content (AvgIpc) is 3.07. The molecule has 0 unspecified atom stereocenters. The molecule has 1 saturated carbocycles. The Hall–Kier alpha value is -1.59. The zero-order valence-corrected chi connectivity index (χ0v) is 22.6. The molecule has 11 nitrogen and oxygen atoms in total. The van der Waals surface area contributed by atoms with Crippen LogP contribution in [0.5, 0.6) is 0 Å². The lowest BCUT2D eigenvalue weighted by Gasteiger charge is -2.19. The largest absolute Gasteiger partial charge is 0.469 e. The average molecular weight is 551 g/mol. The second kappa shape index (κ2) is 17.8. The van der Waals surface area contributed by atoms with Gasteiger partial charge in [0.25, 0.3) is 0 Å². The Balaban J connectivity index is 2.45. The predicted octanol–water partition coefficient (Wildman–Crippen LogP) is 2.54. The van der Waals surface area contributed by atoms with Crippen LogP contribution in [0.4, 0.5) is 0 Å². The van der Waals surface area contributed by atoms with Crippen LogP contribution < -0.4 is 0 Å². The van der Waals surface area contributed by atoms with E-state index in [4.69, 9.17) is 19.3 Å². The first-order valence-electron chi connectivity index (χ1n) is 12.8. The number of phosphoric acid groups is 1. The number of aliphatic hydroxyl groups excluding tert-OH is 3. The molecule has 1 fully saturated rings. The van der Waals surface area contributed by atoms with Crippen LogP contribution in [-0.2, 0) is 28.2 Å². The minimum absolute atomic E-state index is 0.0306. The summed E-state index contributed by atoms with van der Waals surface area (Å²) in [7, 11) is -4.77. The van der Waals surface area contributed by atoms with E-state index in [0.717, 1.165) is 26.2 Å². The number of rotatable bonds is 18. The van der Waals surface area contributed by atoms with Gasteiger partial charge in [0.1, 0.15) is 6.61 Å². The van der Waals surface area contributed by atoms with Gasteiger partial charge in [-0.05, 0) is 31.6 Å². The summed E-state index contributed by atoms with van der Waals surface area (Å²) in [5.41, 5.74) is 0. The van der Waals surface area contributed by atoms with E-state index in [1.807, 2.05) is 18.2 Å². The van der Waals surface area contributed by atoms with Crippen molar-refractivity contribution >= 4 is 19.8 Å². The molecule has 12 heteroatoms. The molecule has 0 spiro atoms. The van der Waals surface area contributed by atoms with Crippen molar-refractivity contribution < 1.29 is 53.3 Å². The topological polar surface area (TPSA) is 180 Å². The molecule has 5 N–H and O–H groups in total. The molecule has 0 aromatic carbocycles. The minimum Gasteiger partial charge on any atom is -0.462 e. The van der Waals surface area contributed by atoms with Gasteiger partial charge in [0.15, 0.2) is 6.10 Å². The fraction of sp³-hybridized carbons (Fsp3) is 0.760. The van der Waals surface area contributed by atoms with Crippen LogP contribution in [-0.4, -0.2) is 74.7 Å². The summed E-state index contributed by atoms with van der Waals surface area (Å²) >= 11 is 0. The standard InChI is InChI=1S/C25H43O11P/c1-3-4-7-10-19(27)13-14-22-21(23(28)15-24(22)29)11-8-5-6-9-12-25(30)36-20(16-34-18(2)26)17-35-37(31,32)33/h5,8,13-14,19-24,27-29H,3-4,6-7,9-12,15-17H2,1-2H3,(H2,31,32,33)/b8-5+,14-13+/t19-,20+,21+,22+,23-,24+/m0/s1. The lowest BCUT2D eigenvalue weighted by atomic mass is 9.89. The van der Waals surface area contributed by atoms with E-state index in [1.165, 1.54) is 0 Å². The Kier molecular flexibility index (Phi) is 16.1. The fourth-order valence-electron chi connectivity index (χ4n) is 4.15. The number of unbranched alkanes of at least 4 members (excludes halogenated alkanes) is 3. The second-order valence-corrected chi connectivity index (χ2v) is 10.6. The van der Waals surface area contributed by atoms with E-state index < -0.39 is 50.8 Å². The third kappa shape index (κ3) is 15.4. The zero-order chi connectivity index (χ0) is 27.8. The highest BCUT2D eigenvalue weighted by molar-refractivity contribution is 7.46. The number of esters is 2. The van der Waals surface area contributed by atoms with Crippen LogP contribution in [0.15, 0.2) is 24.3 Å². The van der Waals surface area contributed by atoms with Gasteiger partial charge in [-0.25, -0.2) is 4.57 Å². The van der Waals surface area contributed by atoms with Gasteiger partial charge in [-0.15, -0.1) is 0 Å². The van der Waals surface area contributed by atoms with Crippen LogP contribution in [0, 0.1) is 11.8 Å². The van der Waals surface area contributed by atoms with Gasteiger partial charge in [-0.3, -0.25) is 14.1 Å². The number of allylic oxidation sites excluding steroid dienone is 2. The van der Waals surface area contributed by atoms with E-state index in [2.05, 4.69) is 11.4 Å². The summed E-state index contributed by atoms with van der Waals surface area (Å²) in [6, 6.07) is 0. The highest BCUT2D eigenvalue weighted by Gasteiger charge is 2.39. The van der Waals surface area contributed by atoms with Gasteiger partial charge in [0.2, 0.25) is 0 Å². The lowest BCUT2D eigenvalue weighted by molar-refractivity contribution is -0.160. The third-order valence-electron chi connectivity index (χ3n) is 6.10. The van der Waals surface area contributed by atoms with Crippen molar-refractivity contribution in [1.82, 2.24) is 0 Å². The van der Waals surface area contributed by atoms with Crippen molar-refractivity contribution in [3.8, 4) is 0 Å². The van der Waals surface area contributed by atoms with Gasteiger partial charge in [0.05, 0.1) is 24.9 Å². The fourth-order valence-corrected chi connectivity index (χ4v) is 4.51. The molecule has 0 bridgehead atoms. The number of phosphoric ester groups is 1. The second-order valence-electron chi connectivity index (χ2n) is 9.36. The van der Waals surface area contributed by atoms with Crippen molar-refractivity contribution in [3.63, 3.8) is 0 Å². The Morgan fingerprint density at radius 1 is 1.08 bits per heavy atom. The molecule has 6 atom stereocenters. The molecule has 0 radical (unpaired) electrons. The Labute approximate surface area is 218 Å². The molecule has 0 saturated heterocycles. The SMILES string of the molecule is CCCCC[C@H](O)/C=C/[C@@H]1[C@@H](C/C=C/CCCC(=O)O[C@H](COC(C)=O)COP(=O)(O)O)[C@@H](O)C[C@H]1O. The molecule has 37 heavy (non-hydrogen) atoms. The Morgan fingerprint density at radius 3 is 2.46 bits per heavy atom. The first-order valence-corrected chi connectivity index (χ1v) is 14.4. The van der Waals surface area contributed by atoms with E-state index in [0.29, 0.717) is 25.7 Å². The van der Waals surface area contributed by atoms with E-state index in [-0.39, 0.29) is 31.3 Å². The predicted molar refractivity (Wildman–Crippen MR) is 135 cm³/mol. The van der Waals surface area contributed by atoms with Gasteiger partial charge in [-0.1, -0.05) is 50.5 Å². The molecule has 0 amide bonds. The van der Waals surface area contributed by atoms with Crippen LogP contribution in [0.1, 0.15) is 71.6 Å². The van der Waals surface area contributed by atoms with Crippen LogP contribution in [0.2, 0.25) is 0 Å². The van der Waals surface area contributed by atoms with E-state index in [9.17, 15) is 29.5 Å². The highest BCUT2D eigenvalue weighted by atomic mass is 31.2. The summed E-state index contributed by atoms with van der Waals surface area (Å²) < 4.78 is 25.1. The van der Waals surface area contributed by atoms with Gasteiger partial charge in [0, 0.05) is 25.7 Å². The maximum atomic E-state index is 12.1. The number of ether oxygens (including phenoxy) is 2. The Morgan fingerprint density at radius 2 is 1.81 bits per heavy atom. The summed E-state index contributed by atoms with van der Waals surface area (Å²) in [4.78, 5) is 40.7. The first kappa shape index (κ1) is 33.4. The molecule has 1 rings (SSSR count). The number of carbonyl (C=O) groups excluding carboxylic acids is 2. The highest BCUT2D eigenvalue weighted by Crippen LogP contribution is 2.37. The maximum Gasteiger partial charge on any atom is 0.469 e. The zero-order valence-electron chi connectivity index (χ0n) is 21.7. The lowest BCUT2D eigenvalue weighted by Crippen LogP contribution is -2.29. The van der Waals surface area contributed by atoms with Crippen LogP contribution in [0.3, 0.4) is 0 Å². The monoisotopic (exact) mass is 550 g/mol. The summed E-state index contributed by atoms with van der Waals surface area (Å²) in [6.45, 7) is 2.24. The summed E-state index contributed by atoms with van der Waals surface area (Å²) in [6.07, 6.45) is 9.84. The molecule has 1 aliphatic rings. The molecule has 0 aromatic heterocycles. The number of carbonyl (C=O) groups is 2. The minimum atomic E-state index is -4.77. The molecule has 1 aliphatic carbocycles. The van der Waals surface area contributed by atoms with Gasteiger partial charge >= 0.3 is 19.8 Å².